The van der Waals surface area contributed by atoms with Crippen LogP contribution in [0, 0.1) is 6.92 Å². The van der Waals surface area contributed by atoms with Crippen LogP contribution in [0.15, 0.2) is 6.20 Å². The predicted octanol–water partition coefficient (Wildman–Crippen LogP) is 0.290. The number of rotatable bonds is 5. The fraction of sp³-hybridized carbons (Fsp3) is 0.600. The van der Waals surface area contributed by atoms with E-state index in [1.165, 1.54) is 0 Å². The Balaban J connectivity index is 2.74. The third-order valence-electron chi connectivity index (χ3n) is 2.26. The third-order valence-corrected chi connectivity index (χ3v) is 2.26. The van der Waals surface area contributed by atoms with Crippen molar-refractivity contribution in [1.82, 2.24) is 15.1 Å². The van der Waals surface area contributed by atoms with Gasteiger partial charge < -0.3 is 11.1 Å². The van der Waals surface area contributed by atoms with E-state index < -0.39 is 0 Å². The summed E-state index contributed by atoms with van der Waals surface area (Å²) < 4.78 is 1.82. The number of carbonyl (C=O) groups is 1. The van der Waals surface area contributed by atoms with E-state index in [1.807, 2.05) is 18.5 Å². The van der Waals surface area contributed by atoms with Gasteiger partial charge >= 0.3 is 0 Å². The quantitative estimate of drug-likeness (QED) is 0.733. The van der Waals surface area contributed by atoms with Gasteiger partial charge in [-0.15, -0.1) is 0 Å². The van der Waals surface area contributed by atoms with Crippen molar-refractivity contribution in [3.05, 3.63) is 17.5 Å². The van der Waals surface area contributed by atoms with Crippen molar-refractivity contribution in [1.29, 1.82) is 0 Å². The van der Waals surface area contributed by atoms with Crippen molar-refractivity contribution in [3.63, 3.8) is 0 Å². The van der Waals surface area contributed by atoms with E-state index in [1.54, 1.807) is 6.20 Å². The van der Waals surface area contributed by atoms with E-state index in [0.717, 1.165) is 18.7 Å². The highest BCUT2D eigenvalue weighted by Crippen LogP contribution is 2.07. The number of amides is 1. The lowest BCUT2D eigenvalue weighted by Crippen LogP contribution is -2.23. The molecule has 5 nitrogen and oxygen atoms in total. The van der Waals surface area contributed by atoms with E-state index in [2.05, 4.69) is 10.4 Å². The zero-order chi connectivity index (χ0) is 11.3. The van der Waals surface area contributed by atoms with E-state index in [9.17, 15) is 4.79 Å². The van der Waals surface area contributed by atoms with E-state index in [4.69, 9.17) is 5.73 Å². The van der Waals surface area contributed by atoms with Crippen LogP contribution in [0.25, 0.3) is 0 Å². The molecule has 5 heteroatoms. The average molecular weight is 210 g/mol. The number of aromatic nitrogens is 2. The van der Waals surface area contributed by atoms with Crippen molar-refractivity contribution in [2.24, 2.45) is 5.73 Å². The van der Waals surface area contributed by atoms with Crippen LogP contribution in [0.2, 0.25) is 0 Å². The van der Waals surface area contributed by atoms with Gasteiger partial charge in [0.15, 0.2) is 0 Å². The molecule has 1 amide bonds. The molecule has 0 saturated carbocycles. The SMILES string of the molecule is CCNC(=O)c1cnn(CCCN)c1C. The number of hydrogen-bond donors (Lipinski definition) is 2. The van der Waals surface area contributed by atoms with Gasteiger partial charge in [-0.25, -0.2) is 0 Å². The highest BCUT2D eigenvalue weighted by Gasteiger charge is 2.12. The molecular formula is C10H18N4O. The van der Waals surface area contributed by atoms with Crippen molar-refractivity contribution < 1.29 is 4.79 Å². The molecule has 0 aliphatic heterocycles. The summed E-state index contributed by atoms with van der Waals surface area (Å²) in [5.74, 6) is -0.0611. The summed E-state index contributed by atoms with van der Waals surface area (Å²) in [6.07, 6.45) is 2.48. The van der Waals surface area contributed by atoms with Crippen LogP contribution in [0.5, 0.6) is 0 Å². The van der Waals surface area contributed by atoms with Crippen LogP contribution >= 0.6 is 0 Å². The Labute approximate surface area is 89.6 Å². The van der Waals surface area contributed by atoms with E-state index >= 15 is 0 Å². The molecule has 0 atom stereocenters. The number of carbonyl (C=O) groups excluding carboxylic acids is 1. The van der Waals surface area contributed by atoms with E-state index in [0.29, 0.717) is 18.7 Å². The van der Waals surface area contributed by atoms with Crippen molar-refractivity contribution in [3.8, 4) is 0 Å². The maximum absolute atomic E-state index is 11.6. The third kappa shape index (κ3) is 2.79. The fourth-order valence-corrected chi connectivity index (χ4v) is 1.39. The van der Waals surface area contributed by atoms with Crippen LogP contribution in [-0.2, 0) is 6.54 Å². The lowest BCUT2D eigenvalue weighted by molar-refractivity contribution is 0.0955. The van der Waals surface area contributed by atoms with Gasteiger partial charge in [-0.05, 0) is 26.8 Å². The molecule has 1 rings (SSSR count). The lowest BCUT2D eigenvalue weighted by Gasteiger charge is -2.04. The minimum atomic E-state index is -0.0611. The van der Waals surface area contributed by atoms with Gasteiger partial charge in [0, 0.05) is 18.8 Å². The number of nitrogens with zero attached hydrogens (tertiary/aromatic N) is 2. The first kappa shape index (κ1) is 11.7. The Morgan fingerprint density at radius 3 is 3.00 bits per heavy atom. The van der Waals surface area contributed by atoms with Crippen molar-refractivity contribution >= 4 is 5.91 Å². The normalized spacial score (nSPS) is 10.3. The molecule has 3 N–H and O–H groups in total. The molecule has 0 saturated heterocycles. The second-order valence-electron chi connectivity index (χ2n) is 3.37. The topological polar surface area (TPSA) is 72.9 Å². The van der Waals surface area contributed by atoms with Crippen LogP contribution in [0.3, 0.4) is 0 Å². The average Bonchev–Trinajstić information content (AvgIpc) is 2.57. The number of aryl methyl sites for hydroxylation is 1. The summed E-state index contributed by atoms with van der Waals surface area (Å²) in [6.45, 7) is 5.82. The molecule has 0 bridgehead atoms. The first-order valence-corrected chi connectivity index (χ1v) is 5.21. The molecule has 0 spiro atoms. The second kappa shape index (κ2) is 5.50. The maximum atomic E-state index is 11.6. The Bertz CT molecular complexity index is 332. The molecule has 0 fully saturated rings. The number of nitrogens with one attached hydrogen (secondary N) is 1. The number of hydrogen-bond acceptors (Lipinski definition) is 3. The monoisotopic (exact) mass is 210 g/mol. The van der Waals surface area contributed by atoms with Crippen LogP contribution in [-0.4, -0.2) is 28.8 Å². The molecule has 0 aliphatic rings. The minimum Gasteiger partial charge on any atom is -0.352 e. The zero-order valence-electron chi connectivity index (χ0n) is 9.29. The summed E-state index contributed by atoms with van der Waals surface area (Å²) in [5.41, 5.74) is 6.97. The standard InChI is InChI=1S/C10H18N4O/c1-3-12-10(15)9-7-13-14(8(9)2)6-4-5-11/h7H,3-6,11H2,1-2H3,(H,12,15). The molecule has 1 aromatic rings. The highest BCUT2D eigenvalue weighted by molar-refractivity contribution is 5.94. The first-order valence-electron chi connectivity index (χ1n) is 5.21. The van der Waals surface area contributed by atoms with Gasteiger partial charge in [0.1, 0.15) is 0 Å². The van der Waals surface area contributed by atoms with Crippen LogP contribution in [0.4, 0.5) is 0 Å². The Hall–Kier alpha value is -1.36. The van der Waals surface area contributed by atoms with Gasteiger partial charge in [0.25, 0.3) is 5.91 Å². The van der Waals surface area contributed by atoms with Crippen LogP contribution < -0.4 is 11.1 Å². The molecule has 0 radical (unpaired) electrons. The smallest absolute Gasteiger partial charge is 0.254 e. The first-order chi connectivity index (χ1) is 7.20. The van der Waals surface area contributed by atoms with Gasteiger partial charge in [0.05, 0.1) is 11.8 Å². The molecule has 0 unspecified atom stereocenters. The summed E-state index contributed by atoms with van der Waals surface area (Å²) >= 11 is 0. The summed E-state index contributed by atoms with van der Waals surface area (Å²) in [6, 6.07) is 0. The van der Waals surface area contributed by atoms with Crippen molar-refractivity contribution in [2.45, 2.75) is 26.8 Å². The molecule has 15 heavy (non-hydrogen) atoms. The summed E-state index contributed by atoms with van der Waals surface area (Å²) in [7, 11) is 0. The lowest BCUT2D eigenvalue weighted by atomic mass is 10.2. The van der Waals surface area contributed by atoms with Gasteiger partial charge in [-0.3, -0.25) is 9.48 Å². The Morgan fingerprint density at radius 2 is 2.40 bits per heavy atom. The zero-order valence-corrected chi connectivity index (χ0v) is 9.29. The summed E-state index contributed by atoms with van der Waals surface area (Å²) in [4.78, 5) is 11.6. The second-order valence-corrected chi connectivity index (χ2v) is 3.37. The molecule has 84 valence electrons. The molecule has 0 aliphatic carbocycles. The van der Waals surface area contributed by atoms with Crippen molar-refractivity contribution in [2.75, 3.05) is 13.1 Å². The number of nitrogens with two attached hydrogens (primary N) is 1. The largest absolute Gasteiger partial charge is 0.352 e. The highest BCUT2D eigenvalue weighted by atomic mass is 16.1. The summed E-state index contributed by atoms with van der Waals surface area (Å²) in [5, 5.41) is 6.91. The van der Waals surface area contributed by atoms with Gasteiger partial charge in [-0.1, -0.05) is 0 Å². The Morgan fingerprint density at radius 1 is 1.67 bits per heavy atom. The maximum Gasteiger partial charge on any atom is 0.254 e. The minimum absolute atomic E-state index is 0.0611. The van der Waals surface area contributed by atoms with Gasteiger partial charge in [0.2, 0.25) is 0 Å². The predicted molar refractivity (Wildman–Crippen MR) is 58.6 cm³/mol. The molecular weight excluding hydrogens is 192 g/mol. The van der Waals surface area contributed by atoms with Crippen LogP contribution in [0.1, 0.15) is 29.4 Å². The van der Waals surface area contributed by atoms with Gasteiger partial charge in [-0.2, -0.15) is 5.10 Å². The van der Waals surface area contributed by atoms with E-state index in [-0.39, 0.29) is 5.91 Å². The fourth-order valence-electron chi connectivity index (χ4n) is 1.39. The molecule has 0 aromatic carbocycles. The Kier molecular flexibility index (Phi) is 4.30. The molecule has 1 heterocycles. The molecule has 1 aromatic heterocycles.